The molecule has 0 aromatic carbocycles. The highest BCUT2D eigenvalue weighted by molar-refractivity contribution is 5.35. The summed E-state index contributed by atoms with van der Waals surface area (Å²) in [5.41, 5.74) is 1.08. The average molecular weight is 250 g/mol. The molecule has 1 aromatic heterocycles. The predicted molar refractivity (Wildman–Crippen MR) is 76.8 cm³/mol. The minimum absolute atomic E-state index is 0.105. The highest BCUT2D eigenvalue weighted by Gasteiger charge is 2.11. The third kappa shape index (κ3) is 4.61. The third-order valence-electron chi connectivity index (χ3n) is 3.10. The molecule has 0 amide bonds. The summed E-state index contributed by atoms with van der Waals surface area (Å²) in [6, 6.07) is 0.484. The number of rotatable bonds is 5. The fourth-order valence-corrected chi connectivity index (χ4v) is 1.48. The van der Waals surface area contributed by atoms with E-state index in [1.54, 1.807) is 0 Å². The molecule has 0 saturated carbocycles. The van der Waals surface area contributed by atoms with Crippen LogP contribution in [0, 0.1) is 0 Å². The van der Waals surface area contributed by atoms with Crippen molar-refractivity contribution in [2.75, 3.05) is 11.9 Å². The van der Waals surface area contributed by atoms with Crippen LogP contribution in [0.2, 0.25) is 0 Å². The number of nitrogens with one attached hydrogen (secondary N) is 1. The Morgan fingerprint density at radius 3 is 2.39 bits per heavy atom. The van der Waals surface area contributed by atoms with Crippen LogP contribution < -0.4 is 10.2 Å². The Hall–Kier alpha value is -1.16. The molecule has 0 bridgehead atoms. The van der Waals surface area contributed by atoms with E-state index in [-0.39, 0.29) is 5.54 Å². The molecule has 1 heterocycles. The minimum atomic E-state index is 0.105. The molecule has 4 nitrogen and oxygen atoms in total. The van der Waals surface area contributed by atoms with Crippen molar-refractivity contribution < 1.29 is 0 Å². The predicted octanol–water partition coefficient (Wildman–Crippen LogP) is 2.60. The molecule has 1 rings (SSSR count). The van der Waals surface area contributed by atoms with E-state index in [0.29, 0.717) is 6.04 Å². The summed E-state index contributed by atoms with van der Waals surface area (Å²) < 4.78 is 0. The summed E-state index contributed by atoms with van der Waals surface area (Å²) in [4.78, 5) is 11.1. The molecule has 1 aromatic rings. The first-order valence-corrected chi connectivity index (χ1v) is 6.62. The molecule has 0 spiro atoms. The standard InChI is InChI=1S/C14H26N4/c1-7-11(2)18(6)13-10-15-12(8-16-13)9-17-14(3,4)5/h8,10-11,17H,7,9H2,1-6H3. The van der Waals surface area contributed by atoms with Crippen LogP contribution in [0.4, 0.5) is 5.82 Å². The average Bonchev–Trinajstić information content (AvgIpc) is 2.34. The second-order valence-electron chi connectivity index (χ2n) is 5.84. The molecule has 1 atom stereocenters. The van der Waals surface area contributed by atoms with Gasteiger partial charge >= 0.3 is 0 Å². The zero-order valence-corrected chi connectivity index (χ0v) is 12.5. The first-order chi connectivity index (χ1) is 8.33. The zero-order chi connectivity index (χ0) is 13.8. The molecule has 0 aliphatic rings. The van der Waals surface area contributed by atoms with E-state index in [1.165, 1.54) is 0 Å². The maximum atomic E-state index is 4.47. The lowest BCUT2D eigenvalue weighted by atomic mass is 10.1. The quantitative estimate of drug-likeness (QED) is 0.872. The zero-order valence-electron chi connectivity index (χ0n) is 12.5. The molecule has 102 valence electrons. The molecule has 0 fully saturated rings. The van der Waals surface area contributed by atoms with Crippen LogP contribution in [0.15, 0.2) is 12.4 Å². The Morgan fingerprint density at radius 2 is 1.94 bits per heavy atom. The molecule has 1 N–H and O–H groups in total. The Bertz CT molecular complexity index is 353. The van der Waals surface area contributed by atoms with Crippen molar-refractivity contribution in [3.63, 3.8) is 0 Å². The van der Waals surface area contributed by atoms with Crippen molar-refractivity contribution >= 4 is 5.82 Å². The van der Waals surface area contributed by atoms with Gasteiger partial charge in [-0.25, -0.2) is 4.98 Å². The van der Waals surface area contributed by atoms with E-state index >= 15 is 0 Å². The SMILES string of the molecule is CCC(C)N(C)c1cnc(CNC(C)(C)C)cn1. The van der Waals surface area contributed by atoms with Gasteiger partial charge in [-0.05, 0) is 34.1 Å². The second kappa shape index (κ2) is 6.14. The third-order valence-corrected chi connectivity index (χ3v) is 3.10. The van der Waals surface area contributed by atoms with Crippen molar-refractivity contribution in [1.82, 2.24) is 15.3 Å². The lowest BCUT2D eigenvalue weighted by molar-refractivity contribution is 0.421. The van der Waals surface area contributed by atoms with Crippen LogP contribution in [0.3, 0.4) is 0 Å². The molecule has 18 heavy (non-hydrogen) atoms. The Morgan fingerprint density at radius 1 is 1.28 bits per heavy atom. The van der Waals surface area contributed by atoms with E-state index in [9.17, 15) is 0 Å². The summed E-state index contributed by atoms with van der Waals surface area (Å²) in [6.45, 7) is 11.6. The van der Waals surface area contributed by atoms with Gasteiger partial charge in [0.25, 0.3) is 0 Å². The van der Waals surface area contributed by atoms with E-state index in [1.807, 2.05) is 12.4 Å². The van der Waals surface area contributed by atoms with Gasteiger partial charge in [0.05, 0.1) is 18.1 Å². The largest absolute Gasteiger partial charge is 0.356 e. The Kier molecular flexibility index (Phi) is 5.08. The van der Waals surface area contributed by atoms with Crippen LogP contribution >= 0.6 is 0 Å². The van der Waals surface area contributed by atoms with E-state index in [4.69, 9.17) is 0 Å². The molecule has 0 saturated heterocycles. The van der Waals surface area contributed by atoms with Crippen molar-refractivity contribution in [1.29, 1.82) is 0 Å². The number of aromatic nitrogens is 2. The van der Waals surface area contributed by atoms with Crippen LogP contribution in [0.1, 0.15) is 46.7 Å². The van der Waals surface area contributed by atoms with Gasteiger partial charge in [-0.15, -0.1) is 0 Å². The van der Waals surface area contributed by atoms with Crippen molar-refractivity contribution in [3.8, 4) is 0 Å². The van der Waals surface area contributed by atoms with E-state index in [0.717, 1.165) is 24.5 Å². The lowest BCUT2D eigenvalue weighted by Crippen LogP contribution is -2.35. The van der Waals surface area contributed by atoms with Crippen molar-refractivity contribution in [2.24, 2.45) is 0 Å². The van der Waals surface area contributed by atoms with Crippen LogP contribution in [-0.4, -0.2) is 28.6 Å². The Balaban J connectivity index is 2.63. The van der Waals surface area contributed by atoms with Gasteiger partial charge in [-0.2, -0.15) is 0 Å². The number of hydrogen-bond acceptors (Lipinski definition) is 4. The number of anilines is 1. The minimum Gasteiger partial charge on any atom is -0.356 e. The topological polar surface area (TPSA) is 41.1 Å². The maximum absolute atomic E-state index is 4.47. The summed E-state index contributed by atoms with van der Waals surface area (Å²) in [7, 11) is 2.06. The highest BCUT2D eigenvalue weighted by Crippen LogP contribution is 2.12. The van der Waals surface area contributed by atoms with Crippen LogP contribution in [0.5, 0.6) is 0 Å². The molecule has 0 aliphatic heterocycles. The normalized spacial score (nSPS) is 13.4. The first kappa shape index (κ1) is 14.9. The summed E-state index contributed by atoms with van der Waals surface area (Å²) in [5, 5.41) is 3.40. The van der Waals surface area contributed by atoms with Gasteiger partial charge in [0.1, 0.15) is 5.82 Å². The Labute approximate surface area is 111 Å². The summed E-state index contributed by atoms with van der Waals surface area (Å²) in [5.74, 6) is 0.934. The molecular weight excluding hydrogens is 224 g/mol. The van der Waals surface area contributed by atoms with E-state index < -0.39 is 0 Å². The van der Waals surface area contributed by atoms with Gasteiger partial charge in [-0.1, -0.05) is 6.92 Å². The number of hydrogen-bond donors (Lipinski definition) is 1. The molecule has 4 heteroatoms. The fourth-order valence-electron chi connectivity index (χ4n) is 1.48. The summed E-state index contributed by atoms with van der Waals surface area (Å²) >= 11 is 0. The highest BCUT2D eigenvalue weighted by atomic mass is 15.2. The number of nitrogens with zero attached hydrogens (tertiary/aromatic N) is 3. The van der Waals surface area contributed by atoms with Crippen LogP contribution in [0.25, 0.3) is 0 Å². The monoisotopic (exact) mass is 250 g/mol. The van der Waals surface area contributed by atoms with E-state index in [2.05, 4.69) is 61.9 Å². The van der Waals surface area contributed by atoms with Gasteiger partial charge in [0, 0.05) is 25.2 Å². The van der Waals surface area contributed by atoms with Crippen molar-refractivity contribution in [2.45, 2.75) is 59.2 Å². The first-order valence-electron chi connectivity index (χ1n) is 6.62. The molecule has 0 aliphatic carbocycles. The lowest BCUT2D eigenvalue weighted by Gasteiger charge is -2.24. The van der Waals surface area contributed by atoms with Gasteiger partial charge in [0.2, 0.25) is 0 Å². The van der Waals surface area contributed by atoms with Gasteiger partial charge < -0.3 is 10.2 Å². The molecular formula is C14H26N4. The maximum Gasteiger partial charge on any atom is 0.147 e. The van der Waals surface area contributed by atoms with Crippen molar-refractivity contribution in [3.05, 3.63) is 18.1 Å². The molecule has 0 radical (unpaired) electrons. The van der Waals surface area contributed by atoms with Gasteiger partial charge in [-0.3, -0.25) is 4.98 Å². The molecule has 1 unspecified atom stereocenters. The summed E-state index contributed by atoms with van der Waals surface area (Å²) in [6.07, 6.45) is 4.81. The van der Waals surface area contributed by atoms with Gasteiger partial charge in [0.15, 0.2) is 0 Å². The smallest absolute Gasteiger partial charge is 0.147 e. The van der Waals surface area contributed by atoms with Crippen LogP contribution in [-0.2, 0) is 6.54 Å². The fraction of sp³-hybridized carbons (Fsp3) is 0.714. The second-order valence-corrected chi connectivity index (χ2v) is 5.84.